The summed E-state index contributed by atoms with van der Waals surface area (Å²) in [5.74, 6) is 1.30. The lowest BCUT2D eigenvalue weighted by molar-refractivity contribution is 0.0688. The molecule has 1 saturated carbocycles. The van der Waals surface area contributed by atoms with Crippen LogP contribution < -0.4 is 0 Å². The van der Waals surface area contributed by atoms with Gasteiger partial charge in [0.1, 0.15) is 0 Å². The number of nitrogens with one attached hydrogen (secondary N) is 1. The number of benzene rings is 1. The summed E-state index contributed by atoms with van der Waals surface area (Å²) in [6, 6.07) is 7.78. The SMILES string of the molecule is O=C(c1ccccc1-c1cn[nH]c1)N1CCOCC(C2CCC2)C1. The van der Waals surface area contributed by atoms with Crippen LogP contribution in [-0.4, -0.2) is 47.3 Å². The standard InChI is InChI=1S/C19H23N3O2/c23-19(18-7-2-1-6-17(18)15-10-20-21-11-15)22-8-9-24-13-16(12-22)14-4-3-5-14/h1-2,6-7,10-11,14,16H,3-5,8-9,12-13H2,(H,20,21). The molecule has 24 heavy (non-hydrogen) atoms. The summed E-state index contributed by atoms with van der Waals surface area (Å²) < 4.78 is 5.77. The van der Waals surface area contributed by atoms with Crippen molar-refractivity contribution in [3.63, 3.8) is 0 Å². The van der Waals surface area contributed by atoms with Gasteiger partial charge in [-0.1, -0.05) is 37.5 Å². The summed E-state index contributed by atoms with van der Waals surface area (Å²) in [7, 11) is 0. The molecule has 1 aliphatic heterocycles. The highest BCUT2D eigenvalue weighted by atomic mass is 16.5. The molecule has 1 aliphatic carbocycles. The van der Waals surface area contributed by atoms with E-state index in [4.69, 9.17) is 4.74 Å². The van der Waals surface area contributed by atoms with Crippen LogP contribution in [0.4, 0.5) is 0 Å². The van der Waals surface area contributed by atoms with Crippen LogP contribution in [0.5, 0.6) is 0 Å². The van der Waals surface area contributed by atoms with E-state index in [1.807, 2.05) is 35.4 Å². The van der Waals surface area contributed by atoms with Crippen LogP contribution in [0.3, 0.4) is 0 Å². The van der Waals surface area contributed by atoms with Crippen molar-refractivity contribution in [1.82, 2.24) is 15.1 Å². The summed E-state index contributed by atoms with van der Waals surface area (Å²) in [6.07, 6.45) is 7.46. The van der Waals surface area contributed by atoms with Gasteiger partial charge in [0.25, 0.3) is 5.91 Å². The van der Waals surface area contributed by atoms with Crippen LogP contribution in [-0.2, 0) is 4.74 Å². The average molecular weight is 325 g/mol. The maximum Gasteiger partial charge on any atom is 0.254 e. The maximum absolute atomic E-state index is 13.2. The number of H-pyrrole nitrogens is 1. The molecular weight excluding hydrogens is 302 g/mol. The molecule has 5 heteroatoms. The molecule has 0 spiro atoms. The number of aromatic nitrogens is 2. The van der Waals surface area contributed by atoms with Crippen molar-refractivity contribution in [1.29, 1.82) is 0 Å². The number of hydrogen-bond donors (Lipinski definition) is 1. The highest BCUT2D eigenvalue weighted by molar-refractivity contribution is 6.00. The molecular formula is C19H23N3O2. The van der Waals surface area contributed by atoms with Gasteiger partial charge in [0, 0.05) is 36.3 Å². The van der Waals surface area contributed by atoms with E-state index in [-0.39, 0.29) is 5.91 Å². The summed E-state index contributed by atoms with van der Waals surface area (Å²) in [4.78, 5) is 15.2. The molecule has 0 radical (unpaired) electrons. The maximum atomic E-state index is 13.2. The third-order valence-corrected chi connectivity index (χ3v) is 5.36. The molecule has 2 aliphatic rings. The first kappa shape index (κ1) is 15.4. The Balaban J connectivity index is 1.58. The minimum absolute atomic E-state index is 0.0987. The third-order valence-electron chi connectivity index (χ3n) is 5.36. The lowest BCUT2D eigenvalue weighted by Crippen LogP contribution is -2.39. The summed E-state index contributed by atoms with van der Waals surface area (Å²) >= 11 is 0. The summed E-state index contributed by atoms with van der Waals surface area (Å²) in [5, 5.41) is 6.84. The quantitative estimate of drug-likeness (QED) is 0.944. The van der Waals surface area contributed by atoms with E-state index in [1.165, 1.54) is 19.3 Å². The van der Waals surface area contributed by atoms with Crippen molar-refractivity contribution >= 4 is 5.91 Å². The van der Waals surface area contributed by atoms with E-state index >= 15 is 0 Å². The molecule has 126 valence electrons. The van der Waals surface area contributed by atoms with Gasteiger partial charge in [-0.3, -0.25) is 9.89 Å². The Labute approximate surface area is 142 Å². The minimum atomic E-state index is 0.0987. The fraction of sp³-hybridized carbons (Fsp3) is 0.474. The second kappa shape index (κ2) is 6.77. The van der Waals surface area contributed by atoms with Gasteiger partial charge in [-0.05, 0) is 17.5 Å². The number of carbonyl (C=O) groups is 1. The number of rotatable bonds is 3. The number of amides is 1. The Kier molecular flexibility index (Phi) is 4.34. The van der Waals surface area contributed by atoms with E-state index in [0.717, 1.165) is 35.8 Å². The molecule has 2 heterocycles. The lowest BCUT2D eigenvalue weighted by Gasteiger charge is -2.35. The van der Waals surface area contributed by atoms with Gasteiger partial charge < -0.3 is 9.64 Å². The van der Waals surface area contributed by atoms with Gasteiger partial charge in [-0.25, -0.2) is 0 Å². The molecule has 1 N–H and O–H groups in total. The van der Waals surface area contributed by atoms with Crippen molar-refractivity contribution in [3.05, 3.63) is 42.2 Å². The molecule has 5 nitrogen and oxygen atoms in total. The molecule has 1 aromatic carbocycles. The van der Waals surface area contributed by atoms with Crippen LogP contribution in [0.25, 0.3) is 11.1 Å². The van der Waals surface area contributed by atoms with Crippen LogP contribution in [0.15, 0.2) is 36.7 Å². The zero-order valence-corrected chi connectivity index (χ0v) is 13.8. The van der Waals surface area contributed by atoms with Crippen molar-refractivity contribution in [2.45, 2.75) is 19.3 Å². The molecule has 4 rings (SSSR count). The molecule has 1 amide bonds. The Morgan fingerprint density at radius 1 is 1.25 bits per heavy atom. The van der Waals surface area contributed by atoms with Crippen molar-refractivity contribution in [2.75, 3.05) is 26.3 Å². The zero-order chi connectivity index (χ0) is 16.4. The third kappa shape index (κ3) is 2.96. The fourth-order valence-corrected chi connectivity index (χ4v) is 3.71. The summed E-state index contributed by atoms with van der Waals surface area (Å²) in [5.41, 5.74) is 2.62. The van der Waals surface area contributed by atoms with Crippen LogP contribution in [0, 0.1) is 11.8 Å². The van der Waals surface area contributed by atoms with E-state index in [9.17, 15) is 4.79 Å². The second-order valence-electron chi connectivity index (χ2n) is 6.81. The van der Waals surface area contributed by atoms with Crippen LogP contribution in [0.2, 0.25) is 0 Å². The number of carbonyl (C=O) groups excluding carboxylic acids is 1. The fourth-order valence-electron chi connectivity index (χ4n) is 3.71. The smallest absolute Gasteiger partial charge is 0.254 e. The monoisotopic (exact) mass is 325 g/mol. The molecule has 1 atom stereocenters. The van der Waals surface area contributed by atoms with E-state index < -0.39 is 0 Å². The molecule has 1 saturated heterocycles. The minimum Gasteiger partial charge on any atom is -0.379 e. The molecule has 1 aromatic heterocycles. The lowest BCUT2D eigenvalue weighted by atomic mass is 9.76. The predicted molar refractivity (Wildman–Crippen MR) is 91.6 cm³/mol. The van der Waals surface area contributed by atoms with E-state index in [0.29, 0.717) is 19.1 Å². The van der Waals surface area contributed by atoms with Crippen LogP contribution in [0.1, 0.15) is 29.6 Å². The number of nitrogens with zero attached hydrogens (tertiary/aromatic N) is 2. The van der Waals surface area contributed by atoms with Gasteiger partial charge in [-0.15, -0.1) is 0 Å². The van der Waals surface area contributed by atoms with Crippen molar-refractivity contribution in [2.24, 2.45) is 11.8 Å². The number of aromatic amines is 1. The Morgan fingerprint density at radius 2 is 2.12 bits per heavy atom. The van der Waals surface area contributed by atoms with Crippen molar-refractivity contribution in [3.8, 4) is 11.1 Å². The molecule has 1 unspecified atom stereocenters. The molecule has 2 fully saturated rings. The Hall–Kier alpha value is -2.14. The number of hydrogen-bond acceptors (Lipinski definition) is 3. The largest absolute Gasteiger partial charge is 0.379 e. The van der Waals surface area contributed by atoms with Gasteiger partial charge >= 0.3 is 0 Å². The molecule has 2 aromatic rings. The van der Waals surface area contributed by atoms with Gasteiger partial charge in [0.2, 0.25) is 0 Å². The predicted octanol–water partition coefficient (Wildman–Crippen LogP) is 2.97. The zero-order valence-electron chi connectivity index (χ0n) is 13.8. The van der Waals surface area contributed by atoms with E-state index in [2.05, 4.69) is 10.2 Å². The Bertz CT molecular complexity index is 694. The second-order valence-corrected chi connectivity index (χ2v) is 6.81. The van der Waals surface area contributed by atoms with Crippen molar-refractivity contribution < 1.29 is 9.53 Å². The van der Waals surface area contributed by atoms with Gasteiger partial charge in [0.15, 0.2) is 0 Å². The summed E-state index contributed by atoms with van der Waals surface area (Å²) in [6.45, 7) is 2.89. The topological polar surface area (TPSA) is 58.2 Å². The number of ether oxygens (including phenoxy) is 1. The van der Waals surface area contributed by atoms with E-state index in [1.54, 1.807) is 6.20 Å². The van der Waals surface area contributed by atoms with Crippen LogP contribution >= 0.6 is 0 Å². The highest BCUT2D eigenvalue weighted by Crippen LogP contribution is 2.35. The normalized spacial score (nSPS) is 22.0. The van der Waals surface area contributed by atoms with Gasteiger partial charge in [0.05, 0.1) is 19.4 Å². The average Bonchev–Trinajstić information content (AvgIpc) is 2.99. The Morgan fingerprint density at radius 3 is 2.88 bits per heavy atom. The first-order valence-corrected chi connectivity index (χ1v) is 8.78. The highest BCUT2D eigenvalue weighted by Gasteiger charge is 2.32. The molecule has 0 bridgehead atoms. The first-order chi connectivity index (χ1) is 11.8. The van der Waals surface area contributed by atoms with Gasteiger partial charge in [-0.2, -0.15) is 5.10 Å². The first-order valence-electron chi connectivity index (χ1n) is 8.78.